The first-order valence-corrected chi connectivity index (χ1v) is 8.13. The molecule has 2 aliphatic carbocycles. The first kappa shape index (κ1) is 13.4. The second-order valence-electron chi connectivity index (χ2n) is 6.34. The van der Waals surface area contributed by atoms with E-state index in [1.54, 1.807) is 0 Å². The maximum Gasteiger partial charge on any atom is 0.00979 e. The fraction of sp³-hybridized carbons (Fsp3) is 1.00. The first-order chi connectivity index (χ1) is 8.40. The summed E-state index contributed by atoms with van der Waals surface area (Å²) in [4.78, 5) is 0. The van der Waals surface area contributed by atoms with Gasteiger partial charge in [0.05, 0.1) is 0 Å². The van der Waals surface area contributed by atoms with Gasteiger partial charge in [-0.25, -0.2) is 0 Å². The van der Waals surface area contributed by atoms with Gasteiger partial charge in [-0.2, -0.15) is 0 Å². The molecule has 2 aliphatic rings. The molecule has 1 unspecified atom stereocenters. The molecule has 2 saturated carbocycles. The summed E-state index contributed by atoms with van der Waals surface area (Å²) in [5.74, 6) is 2.04. The Balaban J connectivity index is 1.81. The van der Waals surface area contributed by atoms with Crippen LogP contribution in [0.2, 0.25) is 0 Å². The number of hydrogen-bond donors (Lipinski definition) is 1. The first-order valence-electron chi connectivity index (χ1n) is 8.13. The van der Waals surface area contributed by atoms with Crippen molar-refractivity contribution in [3.05, 3.63) is 0 Å². The quantitative estimate of drug-likeness (QED) is 0.716. The minimum atomic E-state index is 0.846. The standard InChI is InChI=1S/C16H31N/c1-2-12-17-16(13-14-8-6-7-9-14)15-10-4-3-5-11-15/h14-17H,2-13H2,1H3. The molecule has 1 nitrogen and oxygen atoms in total. The van der Waals surface area contributed by atoms with E-state index in [0.29, 0.717) is 0 Å². The number of rotatable bonds is 6. The van der Waals surface area contributed by atoms with E-state index in [1.807, 2.05) is 0 Å². The van der Waals surface area contributed by atoms with Crippen LogP contribution in [0.5, 0.6) is 0 Å². The number of hydrogen-bond acceptors (Lipinski definition) is 1. The fourth-order valence-electron chi connectivity index (χ4n) is 3.91. The molecule has 1 N–H and O–H groups in total. The topological polar surface area (TPSA) is 12.0 Å². The van der Waals surface area contributed by atoms with Gasteiger partial charge in [-0.3, -0.25) is 0 Å². The minimum absolute atomic E-state index is 0.846. The molecule has 0 heterocycles. The summed E-state index contributed by atoms with van der Waals surface area (Å²) >= 11 is 0. The van der Waals surface area contributed by atoms with Gasteiger partial charge in [0.2, 0.25) is 0 Å². The summed E-state index contributed by atoms with van der Waals surface area (Å²) in [7, 11) is 0. The highest BCUT2D eigenvalue weighted by Crippen LogP contribution is 2.34. The summed E-state index contributed by atoms with van der Waals surface area (Å²) in [6.07, 6.45) is 16.2. The van der Waals surface area contributed by atoms with Gasteiger partial charge in [-0.05, 0) is 44.1 Å². The fourth-order valence-corrected chi connectivity index (χ4v) is 3.91. The lowest BCUT2D eigenvalue weighted by Crippen LogP contribution is -2.39. The van der Waals surface area contributed by atoms with Crippen LogP contribution in [0.1, 0.15) is 77.6 Å². The van der Waals surface area contributed by atoms with E-state index >= 15 is 0 Å². The third-order valence-electron chi connectivity index (χ3n) is 4.94. The van der Waals surface area contributed by atoms with Crippen molar-refractivity contribution >= 4 is 0 Å². The maximum absolute atomic E-state index is 3.87. The minimum Gasteiger partial charge on any atom is -0.314 e. The van der Waals surface area contributed by atoms with E-state index in [9.17, 15) is 0 Å². The Kier molecular flexibility index (Phi) is 5.84. The van der Waals surface area contributed by atoms with Crippen LogP contribution in [0.3, 0.4) is 0 Å². The second kappa shape index (κ2) is 7.41. The van der Waals surface area contributed by atoms with Crippen LogP contribution in [-0.2, 0) is 0 Å². The van der Waals surface area contributed by atoms with Crippen molar-refractivity contribution in [1.29, 1.82) is 0 Å². The summed E-state index contributed by atoms with van der Waals surface area (Å²) in [6.45, 7) is 3.52. The van der Waals surface area contributed by atoms with Crippen molar-refractivity contribution in [2.45, 2.75) is 83.6 Å². The van der Waals surface area contributed by atoms with E-state index in [2.05, 4.69) is 12.2 Å². The SMILES string of the molecule is CCCNC(CC1CCCC1)C1CCCCC1. The Morgan fingerprint density at radius 2 is 1.59 bits per heavy atom. The van der Waals surface area contributed by atoms with E-state index in [1.165, 1.54) is 77.2 Å². The molecule has 0 amide bonds. The van der Waals surface area contributed by atoms with Gasteiger partial charge >= 0.3 is 0 Å². The Bertz CT molecular complexity index is 190. The molecule has 2 fully saturated rings. The molecule has 0 radical (unpaired) electrons. The normalized spacial score (nSPS) is 25.2. The molecule has 0 aromatic rings. The van der Waals surface area contributed by atoms with Gasteiger partial charge in [-0.1, -0.05) is 51.9 Å². The monoisotopic (exact) mass is 237 g/mol. The molecule has 2 rings (SSSR count). The lowest BCUT2D eigenvalue weighted by atomic mass is 9.80. The van der Waals surface area contributed by atoms with Crippen LogP contribution in [0.15, 0.2) is 0 Å². The highest BCUT2D eigenvalue weighted by atomic mass is 14.9. The maximum atomic E-state index is 3.87. The van der Waals surface area contributed by atoms with Crippen LogP contribution in [0.4, 0.5) is 0 Å². The molecule has 0 saturated heterocycles. The molecule has 1 atom stereocenters. The Morgan fingerprint density at radius 1 is 0.941 bits per heavy atom. The lowest BCUT2D eigenvalue weighted by Gasteiger charge is -2.33. The van der Waals surface area contributed by atoms with Gasteiger partial charge in [-0.15, -0.1) is 0 Å². The number of nitrogens with one attached hydrogen (secondary N) is 1. The van der Waals surface area contributed by atoms with E-state index in [0.717, 1.165) is 17.9 Å². The average Bonchev–Trinajstić information content (AvgIpc) is 2.88. The summed E-state index contributed by atoms with van der Waals surface area (Å²) in [5.41, 5.74) is 0. The van der Waals surface area contributed by atoms with Gasteiger partial charge in [0, 0.05) is 6.04 Å². The average molecular weight is 237 g/mol. The summed E-state index contributed by atoms with van der Waals surface area (Å²) < 4.78 is 0. The molecular formula is C16H31N. The Hall–Kier alpha value is -0.0400. The van der Waals surface area contributed by atoms with Crippen LogP contribution in [0, 0.1) is 11.8 Å². The molecule has 0 aromatic carbocycles. The van der Waals surface area contributed by atoms with Crippen molar-refractivity contribution in [1.82, 2.24) is 5.32 Å². The summed E-state index contributed by atoms with van der Waals surface area (Å²) in [6, 6.07) is 0.846. The van der Waals surface area contributed by atoms with Gasteiger partial charge in [0.25, 0.3) is 0 Å². The molecule has 0 aromatic heterocycles. The van der Waals surface area contributed by atoms with Crippen LogP contribution >= 0.6 is 0 Å². The third-order valence-corrected chi connectivity index (χ3v) is 4.94. The zero-order chi connectivity index (χ0) is 11.9. The van der Waals surface area contributed by atoms with Crippen molar-refractivity contribution < 1.29 is 0 Å². The summed E-state index contributed by atoms with van der Waals surface area (Å²) in [5, 5.41) is 3.87. The Morgan fingerprint density at radius 3 is 2.24 bits per heavy atom. The van der Waals surface area contributed by atoms with Gasteiger partial charge < -0.3 is 5.32 Å². The molecular weight excluding hydrogens is 206 g/mol. The van der Waals surface area contributed by atoms with Gasteiger partial charge in [0.15, 0.2) is 0 Å². The highest BCUT2D eigenvalue weighted by Gasteiger charge is 2.27. The van der Waals surface area contributed by atoms with E-state index < -0.39 is 0 Å². The smallest absolute Gasteiger partial charge is 0.00979 e. The van der Waals surface area contributed by atoms with E-state index in [4.69, 9.17) is 0 Å². The third kappa shape index (κ3) is 4.28. The van der Waals surface area contributed by atoms with Crippen molar-refractivity contribution in [3.63, 3.8) is 0 Å². The second-order valence-corrected chi connectivity index (χ2v) is 6.34. The van der Waals surface area contributed by atoms with Crippen LogP contribution < -0.4 is 5.32 Å². The molecule has 17 heavy (non-hydrogen) atoms. The van der Waals surface area contributed by atoms with Crippen LogP contribution in [-0.4, -0.2) is 12.6 Å². The molecule has 0 aliphatic heterocycles. The Labute approximate surface area is 108 Å². The largest absolute Gasteiger partial charge is 0.314 e. The molecule has 100 valence electrons. The molecule has 1 heteroatoms. The predicted molar refractivity (Wildman–Crippen MR) is 75.2 cm³/mol. The van der Waals surface area contributed by atoms with Gasteiger partial charge in [0.1, 0.15) is 0 Å². The molecule has 0 bridgehead atoms. The molecule has 0 spiro atoms. The van der Waals surface area contributed by atoms with Crippen LogP contribution in [0.25, 0.3) is 0 Å². The van der Waals surface area contributed by atoms with Crippen molar-refractivity contribution in [2.24, 2.45) is 11.8 Å². The van der Waals surface area contributed by atoms with E-state index in [-0.39, 0.29) is 0 Å². The van der Waals surface area contributed by atoms with Crippen molar-refractivity contribution in [2.75, 3.05) is 6.54 Å². The zero-order valence-electron chi connectivity index (χ0n) is 11.7. The lowest BCUT2D eigenvalue weighted by molar-refractivity contribution is 0.234. The van der Waals surface area contributed by atoms with Crippen molar-refractivity contribution in [3.8, 4) is 0 Å². The predicted octanol–water partition coefficient (Wildman–Crippen LogP) is 4.52. The highest BCUT2D eigenvalue weighted by molar-refractivity contribution is 4.83. The zero-order valence-corrected chi connectivity index (χ0v) is 11.7.